The Kier molecular flexibility index (Phi) is 7.59. The van der Waals surface area contributed by atoms with Gasteiger partial charge in [-0.3, -0.25) is 4.79 Å². The number of benzene rings is 1. The van der Waals surface area contributed by atoms with E-state index in [1.807, 2.05) is 18.3 Å². The summed E-state index contributed by atoms with van der Waals surface area (Å²) in [7, 11) is -2.09. The van der Waals surface area contributed by atoms with E-state index in [0.717, 1.165) is 30.0 Å². The molecule has 0 bridgehead atoms. The Bertz CT molecular complexity index is 962. The molecule has 0 atom stereocenters. The van der Waals surface area contributed by atoms with Crippen LogP contribution in [0.3, 0.4) is 0 Å². The highest BCUT2D eigenvalue weighted by Gasteiger charge is 2.11. The fourth-order valence-corrected chi connectivity index (χ4v) is 4.03. The van der Waals surface area contributed by atoms with Crippen LogP contribution in [-0.4, -0.2) is 39.4 Å². The summed E-state index contributed by atoms with van der Waals surface area (Å²) in [6.45, 7) is 2.50. The summed E-state index contributed by atoms with van der Waals surface area (Å²) < 4.78 is 25.7. The van der Waals surface area contributed by atoms with Gasteiger partial charge < -0.3 is 10.2 Å². The molecule has 1 aromatic heterocycles. The topological polar surface area (TPSA) is 91.4 Å². The lowest BCUT2D eigenvalue weighted by atomic mass is 10.2. The number of carbonyl (C=O) groups is 1. The van der Waals surface area contributed by atoms with Crippen molar-refractivity contribution in [2.45, 2.75) is 37.1 Å². The van der Waals surface area contributed by atoms with Crippen molar-refractivity contribution in [3.63, 3.8) is 0 Å². The third kappa shape index (κ3) is 6.14. The molecule has 1 aromatic carbocycles. The first-order valence-electron chi connectivity index (χ1n) is 10.2. The summed E-state index contributed by atoms with van der Waals surface area (Å²) >= 11 is 0. The molecule has 3 rings (SSSR count). The summed E-state index contributed by atoms with van der Waals surface area (Å²) in [6, 6.07) is 10.3. The van der Waals surface area contributed by atoms with Crippen molar-refractivity contribution in [3.05, 3.63) is 59.8 Å². The number of hydrogen-bond acceptors (Lipinski definition) is 5. The molecule has 1 amide bonds. The monoisotopic (exact) mass is 428 g/mol. The Morgan fingerprint density at radius 1 is 1.07 bits per heavy atom. The molecule has 0 saturated carbocycles. The predicted molar refractivity (Wildman–Crippen MR) is 118 cm³/mol. The van der Waals surface area contributed by atoms with Gasteiger partial charge in [-0.2, -0.15) is 0 Å². The van der Waals surface area contributed by atoms with Gasteiger partial charge >= 0.3 is 0 Å². The highest BCUT2D eigenvalue weighted by molar-refractivity contribution is 7.89. The van der Waals surface area contributed by atoms with Gasteiger partial charge in [0, 0.05) is 31.9 Å². The molecule has 30 heavy (non-hydrogen) atoms. The lowest BCUT2D eigenvalue weighted by Gasteiger charge is -2.21. The Hall–Kier alpha value is -2.71. The second-order valence-electron chi connectivity index (χ2n) is 7.25. The molecule has 1 aliphatic rings. The number of nitrogens with zero attached hydrogens (tertiary/aromatic N) is 2. The zero-order chi connectivity index (χ0) is 21.4. The molecule has 7 nitrogen and oxygen atoms in total. The maximum Gasteiger partial charge on any atom is 0.244 e. The molecule has 1 aliphatic heterocycles. The van der Waals surface area contributed by atoms with Gasteiger partial charge in [0.1, 0.15) is 5.82 Å². The Labute approximate surface area is 178 Å². The largest absolute Gasteiger partial charge is 0.357 e. The SMILES string of the molecule is CNS(=O)(=O)c1ccc(/C=C/C(=O)NCc2ccc(N3CCCCCC3)nc2)cc1. The molecule has 0 unspecified atom stereocenters. The van der Waals surface area contributed by atoms with Crippen molar-refractivity contribution in [1.82, 2.24) is 15.0 Å². The third-order valence-corrected chi connectivity index (χ3v) is 6.52. The van der Waals surface area contributed by atoms with Gasteiger partial charge in [0.05, 0.1) is 4.90 Å². The minimum Gasteiger partial charge on any atom is -0.357 e. The van der Waals surface area contributed by atoms with E-state index in [1.165, 1.54) is 50.9 Å². The quantitative estimate of drug-likeness (QED) is 0.662. The number of hydrogen-bond donors (Lipinski definition) is 2. The van der Waals surface area contributed by atoms with Crippen molar-refractivity contribution < 1.29 is 13.2 Å². The first-order valence-corrected chi connectivity index (χ1v) is 11.7. The van der Waals surface area contributed by atoms with Crippen molar-refractivity contribution in [1.29, 1.82) is 0 Å². The number of rotatable bonds is 7. The highest BCUT2D eigenvalue weighted by Crippen LogP contribution is 2.17. The van der Waals surface area contributed by atoms with Gasteiger partial charge in [-0.05, 0) is 55.3 Å². The molecule has 1 fully saturated rings. The van der Waals surface area contributed by atoms with Crippen molar-refractivity contribution in [3.8, 4) is 0 Å². The maximum atomic E-state index is 12.1. The van der Waals surface area contributed by atoms with Crippen LogP contribution in [0.15, 0.2) is 53.6 Å². The molecule has 2 N–H and O–H groups in total. The average Bonchev–Trinajstić information content (AvgIpc) is 3.06. The summed E-state index contributed by atoms with van der Waals surface area (Å²) in [6.07, 6.45) is 9.87. The molecule has 1 saturated heterocycles. The maximum absolute atomic E-state index is 12.1. The summed E-state index contributed by atoms with van der Waals surface area (Å²) in [5.74, 6) is 0.772. The van der Waals surface area contributed by atoms with Crippen LogP contribution < -0.4 is 14.9 Å². The molecule has 2 heterocycles. The van der Waals surface area contributed by atoms with Gasteiger partial charge in [0.15, 0.2) is 0 Å². The van der Waals surface area contributed by atoms with E-state index >= 15 is 0 Å². The molecule has 2 aromatic rings. The molecular formula is C22H28N4O3S. The Morgan fingerprint density at radius 3 is 2.37 bits per heavy atom. The molecule has 0 aliphatic carbocycles. The standard InChI is InChI=1S/C22H28N4O3S/c1-23-30(28,29)20-10-6-18(7-11-20)9-13-22(27)25-17-19-8-12-21(24-16-19)26-14-4-2-3-5-15-26/h6-13,16,23H,2-5,14-15,17H2,1H3,(H,25,27)/b13-9+. The van der Waals surface area contributed by atoms with E-state index in [-0.39, 0.29) is 10.8 Å². The van der Waals surface area contributed by atoms with E-state index in [4.69, 9.17) is 0 Å². The van der Waals surface area contributed by atoms with Gasteiger partial charge in [-0.15, -0.1) is 0 Å². The summed E-state index contributed by atoms with van der Waals surface area (Å²) in [5.41, 5.74) is 1.68. The Morgan fingerprint density at radius 2 is 1.77 bits per heavy atom. The lowest BCUT2D eigenvalue weighted by Crippen LogP contribution is -2.25. The van der Waals surface area contributed by atoms with Crippen LogP contribution in [-0.2, 0) is 21.4 Å². The fourth-order valence-electron chi connectivity index (χ4n) is 3.30. The van der Waals surface area contributed by atoms with Crippen molar-refractivity contribution in [2.75, 3.05) is 25.0 Å². The van der Waals surface area contributed by atoms with E-state index in [2.05, 4.69) is 19.9 Å². The second-order valence-corrected chi connectivity index (χ2v) is 9.14. The van der Waals surface area contributed by atoms with Gasteiger partial charge in [0.2, 0.25) is 15.9 Å². The van der Waals surface area contributed by atoms with Crippen LogP contribution >= 0.6 is 0 Å². The van der Waals surface area contributed by atoms with E-state index < -0.39 is 10.0 Å². The van der Waals surface area contributed by atoms with Gasteiger partial charge in [-0.1, -0.05) is 31.0 Å². The number of anilines is 1. The van der Waals surface area contributed by atoms with Gasteiger partial charge in [-0.25, -0.2) is 18.1 Å². The van der Waals surface area contributed by atoms with E-state index in [9.17, 15) is 13.2 Å². The Balaban J connectivity index is 1.50. The zero-order valence-corrected chi connectivity index (χ0v) is 18.0. The minimum atomic E-state index is -3.46. The highest BCUT2D eigenvalue weighted by atomic mass is 32.2. The normalized spacial score (nSPS) is 15.2. The fraction of sp³-hybridized carbons (Fsp3) is 0.364. The van der Waals surface area contributed by atoms with E-state index in [1.54, 1.807) is 18.2 Å². The first kappa shape index (κ1) is 22.0. The summed E-state index contributed by atoms with van der Waals surface area (Å²) in [4.78, 5) is 19.1. The summed E-state index contributed by atoms with van der Waals surface area (Å²) in [5, 5.41) is 2.84. The predicted octanol–water partition coefficient (Wildman–Crippen LogP) is 2.70. The number of pyridine rings is 1. The van der Waals surface area contributed by atoms with Crippen LogP contribution in [0.2, 0.25) is 0 Å². The minimum absolute atomic E-state index is 0.183. The van der Waals surface area contributed by atoms with Crippen LogP contribution in [0.4, 0.5) is 5.82 Å². The molecule has 0 radical (unpaired) electrons. The first-order chi connectivity index (χ1) is 14.5. The van der Waals surface area contributed by atoms with Crippen LogP contribution in [0.25, 0.3) is 6.08 Å². The van der Waals surface area contributed by atoms with E-state index in [0.29, 0.717) is 6.54 Å². The molecule has 0 spiro atoms. The number of carbonyl (C=O) groups excluding carboxylic acids is 1. The molecule has 8 heteroatoms. The number of nitrogens with one attached hydrogen (secondary N) is 2. The van der Waals surface area contributed by atoms with Crippen molar-refractivity contribution >= 4 is 27.8 Å². The second kappa shape index (κ2) is 10.4. The molecular weight excluding hydrogens is 400 g/mol. The lowest BCUT2D eigenvalue weighted by molar-refractivity contribution is -0.116. The van der Waals surface area contributed by atoms with Gasteiger partial charge in [0.25, 0.3) is 0 Å². The number of amides is 1. The average molecular weight is 429 g/mol. The number of aromatic nitrogens is 1. The van der Waals surface area contributed by atoms with Crippen LogP contribution in [0, 0.1) is 0 Å². The third-order valence-electron chi connectivity index (χ3n) is 5.09. The smallest absolute Gasteiger partial charge is 0.244 e. The van der Waals surface area contributed by atoms with Crippen molar-refractivity contribution in [2.24, 2.45) is 0 Å². The van der Waals surface area contributed by atoms with Crippen LogP contribution in [0.5, 0.6) is 0 Å². The zero-order valence-electron chi connectivity index (χ0n) is 17.2. The van der Waals surface area contributed by atoms with Crippen LogP contribution in [0.1, 0.15) is 36.8 Å². The number of sulfonamides is 1. The molecule has 160 valence electrons.